The molecule has 1 aliphatic rings. The van der Waals surface area contributed by atoms with Crippen molar-refractivity contribution in [3.8, 4) is 0 Å². The number of nitrogens with zero attached hydrogens (tertiary/aromatic N) is 3. The van der Waals surface area contributed by atoms with Gasteiger partial charge in [0.05, 0.1) is 23.1 Å². The Kier molecular flexibility index (Phi) is 2.51. The van der Waals surface area contributed by atoms with E-state index in [2.05, 4.69) is 25.8 Å². The highest BCUT2D eigenvalue weighted by atomic mass is 32.1. The first-order valence-corrected chi connectivity index (χ1v) is 6.99. The van der Waals surface area contributed by atoms with Crippen molar-refractivity contribution < 1.29 is 9.32 Å². The van der Waals surface area contributed by atoms with Crippen molar-refractivity contribution in [3.05, 3.63) is 29.0 Å². The summed E-state index contributed by atoms with van der Waals surface area (Å²) in [6.07, 6.45) is 3.27. The molecule has 8 heteroatoms. The number of carbonyl (C=O) groups excluding carboxylic acids is 1. The van der Waals surface area contributed by atoms with Crippen LogP contribution in [0.1, 0.15) is 15.4 Å². The molecule has 0 bridgehead atoms. The molecular weight excluding hydrogens is 290 g/mol. The minimum atomic E-state index is -0.272. The van der Waals surface area contributed by atoms with E-state index in [1.807, 2.05) is 6.07 Å². The number of aliphatic imine (C=N–C) groups is 1. The van der Waals surface area contributed by atoms with Gasteiger partial charge in [-0.3, -0.25) is 4.79 Å². The third-order valence-electron chi connectivity index (χ3n) is 3.06. The van der Waals surface area contributed by atoms with E-state index in [-0.39, 0.29) is 5.91 Å². The quantitative estimate of drug-likeness (QED) is 0.759. The van der Waals surface area contributed by atoms with Crippen molar-refractivity contribution in [1.82, 2.24) is 10.1 Å². The van der Waals surface area contributed by atoms with Crippen molar-refractivity contribution in [2.24, 2.45) is 4.99 Å². The first kappa shape index (κ1) is 12.0. The molecular formula is C13H9N5O2S. The molecule has 4 heterocycles. The highest BCUT2D eigenvalue weighted by Crippen LogP contribution is 2.42. The van der Waals surface area contributed by atoms with Crippen molar-refractivity contribution >= 4 is 51.0 Å². The average molecular weight is 299 g/mol. The zero-order valence-electron chi connectivity index (χ0n) is 10.9. The number of carbonyl (C=O) groups is 1. The Morgan fingerprint density at radius 2 is 2.38 bits per heavy atom. The maximum absolute atomic E-state index is 12.4. The first-order chi connectivity index (χ1) is 10.2. The summed E-state index contributed by atoms with van der Waals surface area (Å²) in [7, 11) is 0. The molecule has 0 atom stereocenters. The zero-order chi connectivity index (χ0) is 14.4. The van der Waals surface area contributed by atoms with Gasteiger partial charge in [-0.1, -0.05) is 5.16 Å². The van der Waals surface area contributed by atoms with Crippen LogP contribution in [-0.2, 0) is 0 Å². The van der Waals surface area contributed by atoms with Gasteiger partial charge in [-0.15, -0.1) is 11.3 Å². The van der Waals surface area contributed by atoms with Crippen molar-refractivity contribution in [2.75, 3.05) is 10.6 Å². The average Bonchev–Trinajstić information content (AvgIpc) is 3.05. The SMILES string of the molecule is Cc1cc(NC(=O)c2sc3nccc4c3c2N=CN4)no1. The minimum Gasteiger partial charge on any atom is -0.360 e. The summed E-state index contributed by atoms with van der Waals surface area (Å²) in [4.78, 5) is 22.2. The maximum atomic E-state index is 12.4. The predicted octanol–water partition coefficient (Wildman–Crippen LogP) is 2.93. The molecule has 3 aromatic heterocycles. The zero-order valence-corrected chi connectivity index (χ0v) is 11.7. The summed E-state index contributed by atoms with van der Waals surface area (Å²) in [5.41, 5.74) is 1.53. The molecule has 0 saturated heterocycles. The molecule has 0 fully saturated rings. The second-order valence-corrected chi connectivity index (χ2v) is 5.50. The summed E-state index contributed by atoms with van der Waals surface area (Å²) >= 11 is 1.30. The van der Waals surface area contributed by atoms with E-state index in [1.54, 1.807) is 25.5 Å². The Labute approximate surface area is 122 Å². The third kappa shape index (κ3) is 1.88. The van der Waals surface area contributed by atoms with E-state index in [9.17, 15) is 4.79 Å². The summed E-state index contributed by atoms with van der Waals surface area (Å²) in [6.45, 7) is 1.76. The smallest absolute Gasteiger partial charge is 0.269 e. The fourth-order valence-electron chi connectivity index (χ4n) is 2.17. The molecule has 2 N–H and O–H groups in total. The Balaban J connectivity index is 1.79. The summed E-state index contributed by atoms with van der Waals surface area (Å²) < 4.78 is 4.93. The van der Waals surface area contributed by atoms with Gasteiger partial charge in [0.1, 0.15) is 15.5 Å². The Bertz CT molecular complexity index is 895. The number of amides is 1. The molecule has 3 aromatic rings. The van der Waals surface area contributed by atoms with E-state index in [0.29, 0.717) is 22.1 Å². The molecule has 7 nitrogen and oxygen atoms in total. The van der Waals surface area contributed by atoms with Gasteiger partial charge in [0.2, 0.25) is 0 Å². The van der Waals surface area contributed by atoms with Crippen molar-refractivity contribution in [3.63, 3.8) is 0 Å². The van der Waals surface area contributed by atoms with Gasteiger partial charge in [0.25, 0.3) is 5.91 Å². The number of rotatable bonds is 2. The molecule has 21 heavy (non-hydrogen) atoms. The molecule has 0 unspecified atom stereocenters. The topological polar surface area (TPSA) is 92.4 Å². The number of anilines is 2. The van der Waals surface area contributed by atoms with Gasteiger partial charge in [-0.2, -0.15) is 0 Å². The number of aryl methyl sites for hydroxylation is 1. The van der Waals surface area contributed by atoms with Crippen LogP contribution in [0.5, 0.6) is 0 Å². The fraction of sp³-hybridized carbons (Fsp3) is 0.0769. The number of hydrogen-bond acceptors (Lipinski definition) is 7. The Hall–Kier alpha value is -2.74. The number of pyridine rings is 1. The maximum Gasteiger partial charge on any atom is 0.269 e. The molecule has 4 rings (SSSR count). The van der Waals surface area contributed by atoms with Crippen LogP contribution in [0, 0.1) is 6.92 Å². The lowest BCUT2D eigenvalue weighted by atomic mass is 10.2. The lowest BCUT2D eigenvalue weighted by Crippen LogP contribution is -2.11. The van der Waals surface area contributed by atoms with E-state index in [0.717, 1.165) is 15.9 Å². The van der Waals surface area contributed by atoms with E-state index < -0.39 is 0 Å². The van der Waals surface area contributed by atoms with Crippen LogP contribution < -0.4 is 10.6 Å². The Morgan fingerprint density at radius 3 is 3.19 bits per heavy atom. The number of aromatic nitrogens is 2. The van der Waals surface area contributed by atoms with Gasteiger partial charge in [0, 0.05) is 12.3 Å². The van der Waals surface area contributed by atoms with E-state index in [4.69, 9.17) is 4.52 Å². The normalized spacial score (nSPS) is 12.4. The van der Waals surface area contributed by atoms with Crippen LogP contribution >= 0.6 is 11.3 Å². The van der Waals surface area contributed by atoms with Gasteiger partial charge in [-0.25, -0.2) is 9.98 Å². The van der Waals surface area contributed by atoms with Gasteiger partial charge in [-0.05, 0) is 13.0 Å². The van der Waals surface area contributed by atoms with Crippen LogP contribution in [0.2, 0.25) is 0 Å². The van der Waals surface area contributed by atoms with Gasteiger partial charge >= 0.3 is 0 Å². The van der Waals surface area contributed by atoms with Crippen LogP contribution in [0.15, 0.2) is 27.8 Å². The minimum absolute atomic E-state index is 0.272. The third-order valence-corrected chi connectivity index (χ3v) is 4.14. The predicted molar refractivity (Wildman–Crippen MR) is 80.6 cm³/mol. The Morgan fingerprint density at radius 1 is 1.48 bits per heavy atom. The summed E-state index contributed by atoms with van der Waals surface area (Å²) in [5.74, 6) is 0.744. The molecule has 0 radical (unpaired) electrons. The highest BCUT2D eigenvalue weighted by Gasteiger charge is 2.23. The highest BCUT2D eigenvalue weighted by molar-refractivity contribution is 7.21. The van der Waals surface area contributed by atoms with Crippen LogP contribution in [-0.4, -0.2) is 22.4 Å². The molecule has 0 aromatic carbocycles. The second-order valence-electron chi connectivity index (χ2n) is 4.50. The molecule has 0 spiro atoms. The monoisotopic (exact) mass is 299 g/mol. The number of nitrogens with one attached hydrogen (secondary N) is 2. The molecule has 1 amide bonds. The largest absolute Gasteiger partial charge is 0.360 e. The molecule has 1 aliphatic heterocycles. The first-order valence-electron chi connectivity index (χ1n) is 6.17. The van der Waals surface area contributed by atoms with Gasteiger partial charge < -0.3 is 15.2 Å². The van der Waals surface area contributed by atoms with E-state index >= 15 is 0 Å². The standard InChI is InChI=1S/C13H9N5O2S/c1-6-4-8(18-20-6)17-12(19)11-10-9-7(15-5-16-10)2-3-14-13(9)21-11/h2-5H,1H3,(H,15,16)(H,17,18,19). The van der Waals surface area contributed by atoms with Crippen LogP contribution in [0.25, 0.3) is 10.2 Å². The lowest BCUT2D eigenvalue weighted by molar-refractivity contribution is 0.103. The number of hydrogen-bond donors (Lipinski definition) is 2. The van der Waals surface area contributed by atoms with Crippen LogP contribution in [0.3, 0.4) is 0 Å². The van der Waals surface area contributed by atoms with Crippen molar-refractivity contribution in [1.29, 1.82) is 0 Å². The summed E-state index contributed by atoms with van der Waals surface area (Å²) in [5, 5.41) is 10.4. The molecule has 0 aliphatic carbocycles. The van der Waals surface area contributed by atoms with Crippen molar-refractivity contribution in [2.45, 2.75) is 6.92 Å². The molecule has 104 valence electrons. The lowest BCUT2D eigenvalue weighted by Gasteiger charge is -2.08. The van der Waals surface area contributed by atoms with Gasteiger partial charge in [0.15, 0.2) is 5.82 Å². The summed E-state index contributed by atoms with van der Waals surface area (Å²) in [6, 6.07) is 3.51. The number of thiophene rings is 1. The van der Waals surface area contributed by atoms with Crippen LogP contribution in [0.4, 0.5) is 17.2 Å². The molecule has 0 saturated carbocycles. The van der Waals surface area contributed by atoms with E-state index in [1.165, 1.54) is 11.3 Å². The second kappa shape index (κ2) is 4.38. The fourth-order valence-corrected chi connectivity index (χ4v) is 3.18.